The second-order valence-corrected chi connectivity index (χ2v) is 4.84. The summed E-state index contributed by atoms with van der Waals surface area (Å²) in [6.45, 7) is 4.85. The maximum Gasteiger partial charge on any atom is 0.314 e. The lowest BCUT2D eigenvalue weighted by Crippen LogP contribution is -2.42. The third-order valence-corrected chi connectivity index (χ3v) is 3.84. The van der Waals surface area contributed by atoms with Crippen LogP contribution in [0.1, 0.15) is 46.0 Å². The van der Waals surface area contributed by atoms with Crippen molar-refractivity contribution in [1.29, 1.82) is 0 Å². The lowest BCUT2D eigenvalue weighted by atomic mass is 9.71. The fraction of sp³-hybridized carbons (Fsp3) is 0.923. The Morgan fingerprint density at radius 3 is 2.88 bits per heavy atom. The van der Waals surface area contributed by atoms with Crippen molar-refractivity contribution in [2.45, 2.75) is 58.3 Å². The van der Waals surface area contributed by atoms with Crippen LogP contribution in [0.4, 0.5) is 0 Å². The molecule has 4 nitrogen and oxygen atoms in total. The van der Waals surface area contributed by atoms with E-state index >= 15 is 0 Å². The van der Waals surface area contributed by atoms with Crippen LogP contribution < -0.4 is 0 Å². The Morgan fingerprint density at radius 2 is 2.18 bits per heavy atom. The summed E-state index contributed by atoms with van der Waals surface area (Å²) in [7, 11) is 0. The maximum absolute atomic E-state index is 12.2. The minimum Gasteiger partial charge on any atom is -0.465 e. The maximum atomic E-state index is 12.2. The first kappa shape index (κ1) is 12.8. The number of hydrogen-bond acceptors (Lipinski definition) is 4. The molecule has 3 atom stereocenters. The first-order valence-electron chi connectivity index (χ1n) is 6.67. The Kier molecular flexibility index (Phi) is 4.05. The van der Waals surface area contributed by atoms with Crippen molar-refractivity contribution >= 4 is 5.97 Å². The number of esters is 1. The Morgan fingerprint density at radius 1 is 1.35 bits per heavy atom. The first-order valence-corrected chi connectivity index (χ1v) is 6.67. The standard InChI is InChI=1S/C13H22O4/c1-3-15-11-9-13(12(14)16-4-2)8-6-5-7-10(13)17-11/h10-11H,3-9H2,1-2H3/t10-,11?,13+/m1/s1. The molecule has 98 valence electrons. The second-order valence-electron chi connectivity index (χ2n) is 4.84. The average molecular weight is 242 g/mol. The lowest BCUT2D eigenvalue weighted by Gasteiger charge is -2.34. The van der Waals surface area contributed by atoms with Crippen LogP contribution in [0.2, 0.25) is 0 Å². The van der Waals surface area contributed by atoms with Crippen LogP contribution in [0.5, 0.6) is 0 Å². The van der Waals surface area contributed by atoms with E-state index in [0.717, 1.165) is 25.7 Å². The summed E-state index contributed by atoms with van der Waals surface area (Å²) < 4.78 is 16.6. The first-order chi connectivity index (χ1) is 8.23. The van der Waals surface area contributed by atoms with Gasteiger partial charge >= 0.3 is 5.97 Å². The Bertz CT molecular complexity index is 279. The van der Waals surface area contributed by atoms with E-state index in [0.29, 0.717) is 19.6 Å². The number of ether oxygens (including phenoxy) is 3. The van der Waals surface area contributed by atoms with E-state index in [1.165, 1.54) is 0 Å². The Labute approximate surface area is 103 Å². The number of rotatable bonds is 4. The summed E-state index contributed by atoms with van der Waals surface area (Å²) in [5, 5.41) is 0. The van der Waals surface area contributed by atoms with E-state index in [4.69, 9.17) is 14.2 Å². The van der Waals surface area contributed by atoms with Gasteiger partial charge in [0.05, 0.1) is 18.1 Å². The molecule has 0 aromatic rings. The third-order valence-electron chi connectivity index (χ3n) is 3.84. The van der Waals surface area contributed by atoms with Gasteiger partial charge in [0.15, 0.2) is 6.29 Å². The van der Waals surface area contributed by atoms with E-state index < -0.39 is 5.41 Å². The monoisotopic (exact) mass is 242 g/mol. The van der Waals surface area contributed by atoms with Crippen LogP contribution in [0, 0.1) is 5.41 Å². The molecular weight excluding hydrogens is 220 g/mol. The van der Waals surface area contributed by atoms with E-state index in [2.05, 4.69) is 0 Å². The minimum absolute atomic E-state index is 0.00755. The number of carbonyl (C=O) groups is 1. The van der Waals surface area contributed by atoms with Crippen LogP contribution >= 0.6 is 0 Å². The highest BCUT2D eigenvalue weighted by Gasteiger charge is 2.55. The molecule has 1 aliphatic carbocycles. The van der Waals surface area contributed by atoms with Gasteiger partial charge in [-0.25, -0.2) is 0 Å². The molecular formula is C13H22O4. The van der Waals surface area contributed by atoms with E-state index in [9.17, 15) is 4.79 Å². The molecule has 1 aliphatic heterocycles. The van der Waals surface area contributed by atoms with Gasteiger partial charge in [-0.3, -0.25) is 4.79 Å². The van der Waals surface area contributed by atoms with Crippen LogP contribution in [-0.2, 0) is 19.0 Å². The molecule has 2 rings (SSSR count). The minimum atomic E-state index is -0.436. The van der Waals surface area contributed by atoms with Gasteiger partial charge in [-0.1, -0.05) is 12.8 Å². The van der Waals surface area contributed by atoms with Crippen molar-refractivity contribution in [3.8, 4) is 0 Å². The summed E-state index contributed by atoms with van der Waals surface area (Å²) in [4.78, 5) is 12.2. The van der Waals surface area contributed by atoms with Gasteiger partial charge in [-0.05, 0) is 26.7 Å². The van der Waals surface area contributed by atoms with E-state index in [-0.39, 0.29) is 18.4 Å². The summed E-state index contributed by atoms with van der Waals surface area (Å²) in [5.41, 5.74) is -0.436. The molecule has 0 aromatic heterocycles. The van der Waals surface area contributed by atoms with Crippen LogP contribution in [0.15, 0.2) is 0 Å². The van der Waals surface area contributed by atoms with Crippen molar-refractivity contribution in [2.24, 2.45) is 5.41 Å². The molecule has 1 saturated heterocycles. The molecule has 2 fully saturated rings. The largest absolute Gasteiger partial charge is 0.465 e. The average Bonchev–Trinajstić information content (AvgIpc) is 2.69. The fourth-order valence-electron chi connectivity index (χ4n) is 3.04. The zero-order chi connectivity index (χ0) is 12.3. The van der Waals surface area contributed by atoms with Gasteiger partial charge in [-0.2, -0.15) is 0 Å². The Hall–Kier alpha value is -0.610. The van der Waals surface area contributed by atoms with Crippen LogP contribution in [0.25, 0.3) is 0 Å². The number of carbonyl (C=O) groups excluding carboxylic acids is 1. The third kappa shape index (κ3) is 2.33. The molecule has 17 heavy (non-hydrogen) atoms. The molecule has 0 N–H and O–H groups in total. The summed E-state index contributed by atoms with van der Waals surface area (Å²) in [5.74, 6) is -0.0908. The highest BCUT2D eigenvalue weighted by Crippen LogP contribution is 2.49. The topological polar surface area (TPSA) is 44.8 Å². The van der Waals surface area contributed by atoms with Gasteiger partial charge in [0.2, 0.25) is 0 Å². The van der Waals surface area contributed by atoms with Crippen molar-refractivity contribution in [3.05, 3.63) is 0 Å². The fourth-order valence-corrected chi connectivity index (χ4v) is 3.04. The smallest absolute Gasteiger partial charge is 0.314 e. The van der Waals surface area contributed by atoms with Gasteiger partial charge in [0.1, 0.15) is 0 Å². The van der Waals surface area contributed by atoms with Crippen LogP contribution in [-0.4, -0.2) is 31.6 Å². The van der Waals surface area contributed by atoms with Crippen molar-refractivity contribution in [2.75, 3.05) is 13.2 Å². The highest BCUT2D eigenvalue weighted by atomic mass is 16.7. The van der Waals surface area contributed by atoms with Crippen molar-refractivity contribution < 1.29 is 19.0 Å². The van der Waals surface area contributed by atoms with Gasteiger partial charge in [0, 0.05) is 13.0 Å². The predicted molar refractivity (Wildman–Crippen MR) is 62.4 cm³/mol. The van der Waals surface area contributed by atoms with E-state index in [1.54, 1.807) is 0 Å². The molecule has 0 bridgehead atoms. The zero-order valence-electron chi connectivity index (χ0n) is 10.7. The van der Waals surface area contributed by atoms with Crippen molar-refractivity contribution in [3.63, 3.8) is 0 Å². The molecule has 0 radical (unpaired) electrons. The molecule has 0 aromatic carbocycles. The number of hydrogen-bond donors (Lipinski definition) is 0. The molecule has 2 aliphatic rings. The lowest BCUT2D eigenvalue weighted by molar-refractivity contribution is -0.164. The molecule has 1 unspecified atom stereocenters. The van der Waals surface area contributed by atoms with Crippen molar-refractivity contribution in [1.82, 2.24) is 0 Å². The molecule has 0 spiro atoms. The highest BCUT2D eigenvalue weighted by molar-refractivity contribution is 5.78. The van der Waals surface area contributed by atoms with E-state index in [1.807, 2.05) is 13.8 Å². The second kappa shape index (κ2) is 5.36. The number of fused-ring (bicyclic) bond motifs is 1. The molecule has 1 saturated carbocycles. The zero-order valence-corrected chi connectivity index (χ0v) is 10.7. The SMILES string of the molecule is CCOC(=O)[C@]12CCCC[C@H]1OC(OCC)C2. The van der Waals surface area contributed by atoms with Gasteiger partial charge in [-0.15, -0.1) is 0 Å². The van der Waals surface area contributed by atoms with Crippen LogP contribution in [0.3, 0.4) is 0 Å². The summed E-state index contributed by atoms with van der Waals surface area (Å²) in [6, 6.07) is 0. The normalized spacial score (nSPS) is 36.6. The summed E-state index contributed by atoms with van der Waals surface area (Å²) >= 11 is 0. The molecule has 0 amide bonds. The quantitative estimate of drug-likeness (QED) is 0.709. The van der Waals surface area contributed by atoms with Gasteiger partial charge in [0.25, 0.3) is 0 Å². The summed E-state index contributed by atoms with van der Waals surface area (Å²) in [6.07, 6.45) is 4.45. The molecule has 1 heterocycles. The molecule has 4 heteroatoms. The van der Waals surface area contributed by atoms with Gasteiger partial charge < -0.3 is 14.2 Å². The Balaban J connectivity index is 2.12. The predicted octanol–water partition coefficient (Wildman–Crippen LogP) is 2.26.